The lowest BCUT2D eigenvalue weighted by Gasteiger charge is -2.08. The van der Waals surface area contributed by atoms with Crippen LogP contribution in [0.3, 0.4) is 0 Å². The number of sulfonamides is 1. The summed E-state index contributed by atoms with van der Waals surface area (Å²) in [5, 5.41) is 2.28. The molecule has 0 aromatic heterocycles. The summed E-state index contributed by atoms with van der Waals surface area (Å²) in [6.45, 7) is 0.196. The number of thiocarbonyl (C=S) groups is 1. The molecule has 0 aliphatic carbocycles. The summed E-state index contributed by atoms with van der Waals surface area (Å²) in [6.07, 6.45) is 0. The van der Waals surface area contributed by atoms with E-state index in [0.717, 1.165) is 0 Å². The van der Waals surface area contributed by atoms with Crippen LogP contribution in [0.5, 0.6) is 0 Å². The molecule has 0 saturated carbocycles. The van der Waals surface area contributed by atoms with Crippen LogP contribution in [0.2, 0.25) is 0 Å². The lowest BCUT2D eigenvalue weighted by molar-refractivity contribution is 0.249. The summed E-state index contributed by atoms with van der Waals surface area (Å²) in [4.78, 5) is 10.6. The Kier molecular flexibility index (Phi) is 5.86. The minimum Gasteiger partial charge on any atom is -0.389 e. The summed E-state index contributed by atoms with van der Waals surface area (Å²) in [6, 6.07) is 6.00. The minimum absolute atomic E-state index is 0.0697. The zero-order chi connectivity index (χ0) is 15.2. The first-order valence-corrected chi connectivity index (χ1v) is 7.75. The van der Waals surface area contributed by atoms with Gasteiger partial charge in [-0.15, -0.1) is 0 Å². The largest absolute Gasteiger partial charge is 0.389 e. The van der Waals surface area contributed by atoms with Gasteiger partial charge in [0.25, 0.3) is 0 Å². The lowest BCUT2D eigenvalue weighted by atomic mass is 10.1. The summed E-state index contributed by atoms with van der Waals surface area (Å²) < 4.78 is 26.0. The topological polar surface area (TPSA) is 127 Å². The molecule has 20 heavy (non-hydrogen) atoms. The van der Waals surface area contributed by atoms with Gasteiger partial charge in [0.2, 0.25) is 10.0 Å². The van der Waals surface area contributed by atoms with E-state index in [1.807, 2.05) is 0 Å². The zero-order valence-corrected chi connectivity index (χ0v) is 12.3. The molecule has 0 aliphatic heterocycles. The number of nitrogens with one attached hydrogen (secondary N) is 2. The van der Waals surface area contributed by atoms with Crippen molar-refractivity contribution < 1.29 is 13.2 Å². The van der Waals surface area contributed by atoms with Crippen LogP contribution < -0.4 is 21.5 Å². The maximum absolute atomic E-state index is 11.8. The molecule has 0 saturated heterocycles. The van der Waals surface area contributed by atoms with Crippen LogP contribution in [0.4, 0.5) is 4.79 Å². The summed E-state index contributed by atoms with van der Waals surface area (Å²) in [7, 11) is -3.50. The van der Waals surface area contributed by atoms with Crippen molar-refractivity contribution in [2.45, 2.75) is 5.75 Å². The van der Waals surface area contributed by atoms with Crippen LogP contribution in [0.1, 0.15) is 11.1 Å². The Morgan fingerprint density at radius 2 is 1.95 bits per heavy atom. The number of urea groups is 1. The normalized spacial score (nSPS) is 11.0. The van der Waals surface area contributed by atoms with Gasteiger partial charge in [0, 0.05) is 18.7 Å². The molecule has 2 amide bonds. The van der Waals surface area contributed by atoms with Crippen LogP contribution in [0.25, 0.3) is 0 Å². The lowest BCUT2D eigenvalue weighted by Crippen LogP contribution is -2.37. The molecular weight excluding hydrogens is 300 g/mol. The van der Waals surface area contributed by atoms with E-state index < -0.39 is 16.1 Å². The molecule has 6 N–H and O–H groups in total. The predicted octanol–water partition coefficient (Wildman–Crippen LogP) is -0.591. The number of carbonyl (C=O) groups is 1. The summed E-state index contributed by atoms with van der Waals surface area (Å²) in [5.41, 5.74) is 11.5. The highest BCUT2D eigenvalue weighted by Crippen LogP contribution is 2.08. The monoisotopic (exact) mass is 316 g/mol. The van der Waals surface area contributed by atoms with E-state index in [4.69, 9.17) is 23.7 Å². The molecule has 1 aromatic carbocycles. The van der Waals surface area contributed by atoms with Crippen LogP contribution in [-0.4, -0.2) is 32.5 Å². The second kappa shape index (κ2) is 7.17. The van der Waals surface area contributed by atoms with Gasteiger partial charge in [-0.05, 0) is 11.6 Å². The van der Waals surface area contributed by atoms with Crippen LogP contribution in [0, 0.1) is 0 Å². The van der Waals surface area contributed by atoms with Gasteiger partial charge in [-0.1, -0.05) is 30.4 Å². The fraction of sp³-hybridized carbons (Fsp3) is 0.273. The van der Waals surface area contributed by atoms with Gasteiger partial charge in [0.05, 0.1) is 5.75 Å². The van der Waals surface area contributed by atoms with Crippen molar-refractivity contribution in [2.24, 2.45) is 11.5 Å². The zero-order valence-electron chi connectivity index (χ0n) is 10.6. The Morgan fingerprint density at radius 1 is 1.25 bits per heavy atom. The third-order valence-electron chi connectivity index (χ3n) is 2.31. The number of primary amides is 1. The fourth-order valence-electron chi connectivity index (χ4n) is 1.48. The van der Waals surface area contributed by atoms with Gasteiger partial charge < -0.3 is 16.8 Å². The first-order valence-electron chi connectivity index (χ1n) is 5.69. The predicted molar refractivity (Wildman–Crippen MR) is 80.5 cm³/mol. The average molecular weight is 316 g/mol. The highest BCUT2D eigenvalue weighted by Gasteiger charge is 2.11. The number of amides is 2. The summed E-state index contributed by atoms with van der Waals surface area (Å²) >= 11 is 4.83. The van der Waals surface area contributed by atoms with Crippen LogP contribution in [-0.2, 0) is 15.8 Å². The second-order valence-electron chi connectivity index (χ2n) is 4.01. The Balaban J connectivity index is 2.60. The molecule has 0 fully saturated rings. The molecule has 0 bridgehead atoms. The number of benzene rings is 1. The van der Waals surface area contributed by atoms with Crippen molar-refractivity contribution in [3.63, 3.8) is 0 Å². The minimum atomic E-state index is -3.50. The Labute approximate surface area is 122 Å². The molecule has 0 aliphatic rings. The maximum Gasteiger partial charge on any atom is 0.312 e. The smallest absolute Gasteiger partial charge is 0.312 e. The molecule has 1 rings (SSSR count). The molecular formula is C11H16N4O3S2. The SMILES string of the molecule is NC(=O)NCCNS(=O)(=O)Cc1cccc(C(N)=S)c1. The van der Waals surface area contributed by atoms with E-state index in [9.17, 15) is 13.2 Å². The van der Waals surface area contributed by atoms with Crippen molar-refractivity contribution in [3.8, 4) is 0 Å². The third-order valence-corrected chi connectivity index (χ3v) is 3.91. The number of carbonyl (C=O) groups excluding carboxylic acids is 1. The van der Waals surface area contributed by atoms with E-state index in [2.05, 4.69) is 10.0 Å². The van der Waals surface area contributed by atoms with E-state index >= 15 is 0 Å². The van der Waals surface area contributed by atoms with Gasteiger partial charge in [-0.25, -0.2) is 17.9 Å². The quantitative estimate of drug-likeness (QED) is 0.395. The molecule has 7 nitrogen and oxygen atoms in total. The third kappa shape index (κ3) is 5.95. The van der Waals surface area contributed by atoms with Gasteiger partial charge in [0.1, 0.15) is 4.99 Å². The molecule has 0 unspecified atom stereocenters. The number of rotatable bonds is 7. The molecule has 0 radical (unpaired) electrons. The number of hydrogen-bond acceptors (Lipinski definition) is 4. The molecule has 1 aromatic rings. The van der Waals surface area contributed by atoms with E-state index in [1.54, 1.807) is 24.3 Å². The molecule has 9 heteroatoms. The van der Waals surface area contributed by atoms with Crippen molar-refractivity contribution in [1.82, 2.24) is 10.0 Å². The van der Waals surface area contributed by atoms with Crippen LogP contribution in [0.15, 0.2) is 24.3 Å². The van der Waals surface area contributed by atoms with Gasteiger partial charge >= 0.3 is 6.03 Å². The standard InChI is InChI=1S/C11H16N4O3S2/c12-10(19)9-3-1-2-8(6-9)7-20(17,18)15-5-4-14-11(13)16/h1-3,6,15H,4-5,7H2,(H2,12,19)(H3,13,14,16). The van der Waals surface area contributed by atoms with Crippen molar-refractivity contribution in [1.29, 1.82) is 0 Å². The Hall–Kier alpha value is -1.71. The van der Waals surface area contributed by atoms with E-state index in [0.29, 0.717) is 11.1 Å². The number of hydrogen-bond donors (Lipinski definition) is 4. The molecule has 110 valence electrons. The molecule has 0 spiro atoms. The van der Waals surface area contributed by atoms with Crippen LogP contribution >= 0.6 is 12.2 Å². The van der Waals surface area contributed by atoms with E-state index in [-0.39, 0.29) is 23.8 Å². The van der Waals surface area contributed by atoms with Crippen molar-refractivity contribution >= 4 is 33.3 Å². The average Bonchev–Trinajstić information content (AvgIpc) is 2.34. The van der Waals surface area contributed by atoms with Gasteiger partial charge in [-0.2, -0.15) is 0 Å². The second-order valence-corrected chi connectivity index (χ2v) is 6.26. The van der Waals surface area contributed by atoms with Crippen molar-refractivity contribution in [2.75, 3.05) is 13.1 Å². The Bertz CT molecular complexity index is 601. The highest BCUT2D eigenvalue weighted by molar-refractivity contribution is 7.88. The molecule has 0 heterocycles. The Morgan fingerprint density at radius 3 is 2.55 bits per heavy atom. The highest BCUT2D eigenvalue weighted by atomic mass is 32.2. The van der Waals surface area contributed by atoms with Gasteiger partial charge in [0.15, 0.2) is 0 Å². The first kappa shape index (κ1) is 16.3. The van der Waals surface area contributed by atoms with Crippen molar-refractivity contribution in [3.05, 3.63) is 35.4 Å². The maximum atomic E-state index is 11.8. The fourth-order valence-corrected chi connectivity index (χ4v) is 2.74. The summed E-state index contributed by atoms with van der Waals surface area (Å²) in [5.74, 6) is -0.194. The van der Waals surface area contributed by atoms with Gasteiger partial charge in [-0.3, -0.25) is 0 Å². The molecule has 0 atom stereocenters. The number of nitrogens with two attached hydrogens (primary N) is 2. The first-order chi connectivity index (χ1) is 9.30. The van der Waals surface area contributed by atoms with E-state index in [1.165, 1.54) is 0 Å².